The van der Waals surface area contributed by atoms with Gasteiger partial charge in [-0.3, -0.25) is 0 Å². The van der Waals surface area contributed by atoms with Crippen molar-refractivity contribution in [1.82, 2.24) is 9.97 Å². The fourth-order valence-corrected chi connectivity index (χ4v) is 5.15. The molecule has 3 heterocycles. The third-order valence-electron chi connectivity index (χ3n) is 7.15. The summed E-state index contributed by atoms with van der Waals surface area (Å²) in [6, 6.07) is 7.20. The zero-order chi connectivity index (χ0) is 24.9. The number of hydrogen-bond acceptors (Lipinski definition) is 8. The van der Waals surface area contributed by atoms with Crippen LogP contribution in [0, 0.1) is 29.0 Å². The van der Waals surface area contributed by atoms with E-state index in [-0.39, 0.29) is 35.9 Å². The molecule has 0 amide bonds. The van der Waals surface area contributed by atoms with Gasteiger partial charge in [0.2, 0.25) is 5.88 Å². The van der Waals surface area contributed by atoms with E-state index in [0.29, 0.717) is 50.0 Å². The molecule has 0 saturated carbocycles. The number of hydrogen-bond donors (Lipinski definition) is 0. The minimum atomic E-state index is -0.247. The molecule has 1 aromatic heterocycles. The highest BCUT2D eigenvalue weighted by Gasteiger charge is 2.40. The molecule has 1 aromatic carbocycles. The van der Waals surface area contributed by atoms with E-state index in [0.717, 1.165) is 12.2 Å². The van der Waals surface area contributed by atoms with E-state index in [1.54, 1.807) is 31.6 Å². The molecule has 2 aliphatic heterocycles. The summed E-state index contributed by atoms with van der Waals surface area (Å²) in [4.78, 5) is 13.2. The second kappa shape index (κ2) is 11.1. The number of ether oxygens (including phenoxy) is 3. The highest BCUT2D eigenvalue weighted by molar-refractivity contribution is 5.52. The van der Waals surface area contributed by atoms with Crippen molar-refractivity contribution in [2.24, 2.45) is 11.8 Å². The Morgan fingerprint density at radius 3 is 2.66 bits per heavy atom. The summed E-state index contributed by atoms with van der Waals surface area (Å²) in [5.74, 6) is 2.01. The van der Waals surface area contributed by atoms with Crippen LogP contribution >= 0.6 is 0 Å². The first-order chi connectivity index (χ1) is 16.9. The van der Waals surface area contributed by atoms with Gasteiger partial charge in [-0.05, 0) is 19.1 Å². The van der Waals surface area contributed by atoms with E-state index in [1.807, 2.05) is 11.8 Å². The maximum absolute atomic E-state index is 14.5. The number of methoxy groups -OCH3 is 1. The van der Waals surface area contributed by atoms with Crippen molar-refractivity contribution >= 4 is 11.5 Å². The summed E-state index contributed by atoms with van der Waals surface area (Å²) < 4.78 is 31.8. The van der Waals surface area contributed by atoms with E-state index in [1.165, 1.54) is 6.07 Å². The van der Waals surface area contributed by atoms with Gasteiger partial charge in [0.05, 0.1) is 43.3 Å². The van der Waals surface area contributed by atoms with E-state index >= 15 is 0 Å². The minimum Gasteiger partial charge on any atom is -0.494 e. The second-order valence-electron chi connectivity index (χ2n) is 9.34. The van der Waals surface area contributed by atoms with E-state index in [9.17, 15) is 9.65 Å². The molecule has 0 spiro atoms. The zero-order valence-electron chi connectivity index (χ0n) is 20.9. The molecule has 2 saturated heterocycles. The molecular formula is C26H34FN5O3. The molecule has 2 aromatic rings. The Kier molecular flexibility index (Phi) is 7.91. The number of aromatic nitrogens is 2. The van der Waals surface area contributed by atoms with Gasteiger partial charge in [0.1, 0.15) is 23.5 Å². The van der Waals surface area contributed by atoms with Crippen LogP contribution in [0.3, 0.4) is 0 Å². The molecule has 0 bridgehead atoms. The fraction of sp³-hybridized carbons (Fsp3) is 0.577. The average Bonchev–Trinajstić information content (AvgIpc) is 3.18. The predicted octanol–water partition coefficient (Wildman–Crippen LogP) is 4.06. The van der Waals surface area contributed by atoms with Crippen LogP contribution in [-0.4, -0.2) is 61.6 Å². The Labute approximate surface area is 206 Å². The summed E-state index contributed by atoms with van der Waals surface area (Å²) >= 11 is 0. The van der Waals surface area contributed by atoms with Crippen molar-refractivity contribution < 1.29 is 18.6 Å². The lowest BCUT2D eigenvalue weighted by Crippen LogP contribution is -2.44. The molecule has 0 unspecified atom stereocenters. The smallest absolute Gasteiger partial charge is 0.232 e. The number of benzene rings is 1. The topological polar surface area (TPSA) is 83.7 Å². The highest BCUT2D eigenvalue weighted by atomic mass is 19.1. The van der Waals surface area contributed by atoms with Gasteiger partial charge < -0.3 is 24.0 Å². The fourth-order valence-electron chi connectivity index (χ4n) is 5.15. The predicted molar refractivity (Wildman–Crippen MR) is 131 cm³/mol. The van der Waals surface area contributed by atoms with Crippen molar-refractivity contribution in [1.29, 1.82) is 5.26 Å². The third kappa shape index (κ3) is 5.43. The molecule has 2 aliphatic rings. The maximum Gasteiger partial charge on any atom is 0.232 e. The molecule has 4 rings (SSSR count). The lowest BCUT2D eigenvalue weighted by molar-refractivity contribution is 0.0839. The van der Waals surface area contributed by atoms with Crippen molar-refractivity contribution in [3.05, 3.63) is 36.4 Å². The Balaban J connectivity index is 1.39. The van der Waals surface area contributed by atoms with Crippen LogP contribution in [0.2, 0.25) is 0 Å². The Hall–Kier alpha value is -3.12. The molecular weight excluding hydrogens is 449 g/mol. The van der Waals surface area contributed by atoms with Crippen LogP contribution < -0.4 is 19.3 Å². The summed E-state index contributed by atoms with van der Waals surface area (Å²) in [5, 5.41) is 9.26. The standard InChI is InChI=1S/C26H34FN5O3/c1-5-34-19-6-7-20(27)22(12-19)31-11-9-23(17(2)15-31)35-26-14-29-25(13-30-26)32-16-24(33-4)18(3)21(32)8-10-28/h6-7,12-14,17-18,21,23-24H,5,8-9,11,15-16H2,1-4H3/t17-,18+,21+,23-,24+/m1/s1. The molecule has 0 aliphatic carbocycles. The normalized spacial score (nSPS) is 26.5. The van der Waals surface area contributed by atoms with Crippen molar-refractivity contribution in [2.45, 2.75) is 51.9 Å². The first kappa shape index (κ1) is 25.0. The Morgan fingerprint density at radius 2 is 2.00 bits per heavy atom. The van der Waals surface area contributed by atoms with Gasteiger partial charge in [-0.2, -0.15) is 5.26 Å². The van der Waals surface area contributed by atoms with Crippen molar-refractivity contribution in [3.8, 4) is 17.7 Å². The maximum atomic E-state index is 14.5. The van der Waals surface area contributed by atoms with Gasteiger partial charge in [-0.15, -0.1) is 0 Å². The number of halogens is 1. The van der Waals surface area contributed by atoms with Gasteiger partial charge in [-0.1, -0.05) is 13.8 Å². The van der Waals surface area contributed by atoms with Crippen LogP contribution in [0.25, 0.3) is 0 Å². The molecule has 9 heteroatoms. The van der Waals surface area contributed by atoms with Gasteiger partial charge >= 0.3 is 0 Å². The molecule has 8 nitrogen and oxygen atoms in total. The number of nitrogens with zero attached hydrogens (tertiary/aromatic N) is 5. The van der Waals surface area contributed by atoms with Crippen LogP contribution in [0.5, 0.6) is 11.6 Å². The van der Waals surface area contributed by atoms with Crippen LogP contribution in [0.4, 0.5) is 15.9 Å². The average molecular weight is 484 g/mol. The molecule has 5 atom stereocenters. The lowest BCUT2D eigenvalue weighted by atomic mass is 9.96. The van der Waals surface area contributed by atoms with Crippen LogP contribution in [0.1, 0.15) is 33.6 Å². The summed E-state index contributed by atoms with van der Waals surface area (Å²) in [7, 11) is 1.70. The first-order valence-corrected chi connectivity index (χ1v) is 12.3. The lowest BCUT2D eigenvalue weighted by Gasteiger charge is -2.38. The van der Waals surface area contributed by atoms with E-state index in [2.05, 4.69) is 34.8 Å². The molecule has 0 radical (unpaired) electrons. The monoisotopic (exact) mass is 483 g/mol. The van der Waals surface area contributed by atoms with Crippen molar-refractivity contribution in [2.75, 3.05) is 43.2 Å². The number of piperidine rings is 1. The van der Waals surface area contributed by atoms with Gasteiger partial charge in [0.25, 0.3) is 0 Å². The number of nitriles is 1. The van der Waals surface area contributed by atoms with Crippen LogP contribution in [-0.2, 0) is 4.74 Å². The number of rotatable bonds is 8. The third-order valence-corrected chi connectivity index (χ3v) is 7.15. The quantitative estimate of drug-likeness (QED) is 0.556. The Bertz CT molecular complexity index is 1030. The molecule has 188 valence electrons. The SMILES string of the molecule is CCOc1ccc(F)c(N2CC[C@@H](Oc3cnc(N4C[C@H](OC)[C@@H](C)[C@@H]4CC#N)cn3)[C@H](C)C2)c1. The van der Waals surface area contributed by atoms with E-state index in [4.69, 9.17) is 14.2 Å². The summed E-state index contributed by atoms with van der Waals surface area (Å²) in [6.07, 6.45) is 4.52. The highest BCUT2D eigenvalue weighted by Crippen LogP contribution is 2.33. The summed E-state index contributed by atoms with van der Waals surface area (Å²) in [5.41, 5.74) is 0.562. The molecule has 0 N–H and O–H groups in total. The van der Waals surface area contributed by atoms with Crippen molar-refractivity contribution in [3.63, 3.8) is 0 Å². The number of anilines is 2. The largest absolute Gasteiger partial charge is 0.494 e. The second-order valence-corrected chi connectivity index (χ2v) is 9.34. The van der Waals surface area contributed by atoms with E-state index < -0.39 is 0 Å². The van der Waals surface area contributed by atoms with Gasteiger partial charge in [0.15, 0.2) is 0 Å². The minimum absolute atomic E-state index is 0.0389. The van der Waals surface area contributed by atoms with Crippen LogP contribution in [0.15, 0.2) is 30.6 Å². The summed E-state index contributed by atoms with van der Waals surface area (Å²) in [6.45, 7) is 8.68. The zero-order valence-corrected chi connectivity index (χ0v) is 20.9. The Morgan fingerprint density at radius 1 is 1.17 bits per heavy atom. The first-order valence-electron chi connectivity index (χ1n) is 12.3. The van der Waals surface area contributed by atoms with Gasteiger partial charge in [-0.25, -0.2) is 14.4 Å². The van der Waals surface area contributed by atoms with Gasteiger partial charge in [0, 0.05) is 57.1 Å². The molecule has 2 fully saturated rings. The molecule has 35 heavy (non-hydrogen) atoms.